The topological polar surface area (TPSA) is 40.6 Å². The van der Waals surface area contributed by atoms with E-state index in [1.54, 1.807) is 21.9 Å². The molecule has 0 spiro atoms. The molecule has 0 radical (unpaired) electrons. The summed E-state index contributed by atoms with van der Waals surface area (Å²) in [7, 11) is 0. The predicted molar refractivity (Wildman–Crippen MR) is 98.9 cm³/mol. The minimum absolute atomic E-state index is 0.00229. The Balaban J connectivity index is 1.94. The summed E-state index contributed by atoms with van der Waals surface area (Å²) in [5.41, 5.74) is 0.698. The lowest BCUT2D eigenvalue weighted by Gasteiger charge is -2.45. The first-order valence-electron chi connectivity index (χ1n) is 9.90. The second-order valence-corrected chi connectivity index (χ2v) is 7.62. The maximum atomic E-state index is 13.4. The molecular weight excluding hydrogens is 331 g/mol. The van der Waals surface area contributed by atoms with E-state index in [0.29, 0.717) is 5.56 Å². The Morgan fingerprint density at radius 2 is 1.69 bits per heavy atom. The summed E-state index contributed by atoms with van der Waals surface area (Å²) in [6, 6.07) is 5.48. The summed E-state index contributed by atoms with van der Waals surface area (Å²) in [4.78, 5) is 29.9. The molecule has 1 aromatic rings. The highest BCUT2D eigenvalue weighted by atomic mass is 19.1. The van der Waals surface area contributed by atoms with Crippen LogP contribution in [0.25, 0.3) is 0 Å². The van der Waals surface area contributed by atoms with Crippen molar-refractivity contribution in [2.75, 3.05) is 6.54 Å². The number of piperazine rings is 1. The van der Waals surface area contributed by atoms with Gasteiger partial charge in [-0.1, -0.05) is 44.7 Å². The molecule has 2 fully saturated rings. The zero-order valence-electron chi connectivity index (χ0n) is 15.8. The van der Waals surface area contributed by atoms with Crippen LogP contribution in [0.3, 0.4) is 0 Å². The maximum absolute atomic E-state index is 13.4. The van der Waals surface area contributed by atoms with Crippen LogP contribution in [0.1, 0.15) is 70.4 Å². The molecule has 3 rings (SSSR count). The van der Waals surface area contributed by atoms with Crippen molar-refractivity contribution in [1.82, 2.24) is 9.80 Å². The Bertz CT molecular complexity index is 638. The van der Waals surface area contributed by atoms with Crippen molar-refractivity contribution in [3.63, 3.8) is 0 Å². The lowest BCUT2D eigenvalue weighted by molar-refractivity contribution is -0.161. The van der Waals surface area contributed by atoms with E-state index in [4.69, 9.17) is 0 Å². The molecule has 1 aliphatic heterocycles. The lowest BCUT2D eigenvalue weighted by atomic mass is 9.95. The highest BCUT2D eigenvalue weighted by molar-refractivity contribution is 5.96. The SMILES string of the molecule is CCC(C)N1C(=O)CN(C2CCCCCC2)C(=O)C1c1ccc(F)cc1. The minimum Gasteiger partial charge on any atom is -0.328 e. The average molecular weight is 360 g/mol. The smallest absolute Gasteiger partial charge is 0.250 e. The maximum Gasteiger partial charge on any atom is 0.250 e. The van der Waals surface area contributed by atoms with E-state index in [1.165, 1.54) is 25.0 Å². The standard InChI is InChI=1S/C21H29FN2O2/c1-3-15(2)24-19(25)14-23(18-8-6-4-5-7-9-18)21(26)20(24)16-10-12-17(22)13-11-16/h10-13,15,18,20H,3-9,14H2,1-2H3. The zero-order chi connectivity index (χ0) is 18.7. The molecule has 4 nitrogen and oxygen atoms in total. The van der Waals surface area contributed by atoms with E-state index in [9.17, 15) is 14.0 Å². The molecule has 1 aliphatic carbocycles. The highest BCUT2D eigenvalue weighted by Gasteiger charge is 2.44. The summed E-state index contributed by atoms with van der Waals surface area (Å²) < 4.78 is 13.4. The Labute approximate surface area is 155 Å². The van der Waals surface area contributed by atoms with Gasteiger partial charge in [-0.3, -0.25) is 9.59 Å². The van der Waals surface area contributed by atoms with E-state index >= 15 is 0 Å². The summed E-state index contributed by atoms with van der Waals surface area (Å²) in [6.07, 6.45) is 7.34. The van der Waals surface area contributed by atoms with E-state index in [0.717, 1.165) is 32.1 Å². The fourth-order valence-corrected chi connectivity index (χ4v) is 4.25. The van der Waals surface area contributed by atoms with Gasteiger partial charge in [-0.2, -0.15) is 0 Å². The first kappa shape index (κ1) is 18.9. The van der Waals surface area contributed by atoms with Crippen LogP contribution in [-0.4, -0.2) is 40.2 Å². The number of carbonyl (C=O) groups excluding carboxylic acids is 2. The van der Waals surface area contributed by atoms with Gasteiger partial charge in [0.25, 0.3) is 5.91 Å². The molecule has 2 unspecified atom stereocenters. The quantitative estimate of drug-likeness (QED) is 0.760. The fraction of sp³-hybridized carbons (Fsp3) is 0.619. The van der Waals surface area contributed by atoms with Crippen LogP contribution in [0, 0.1) is 5.82 Å². The van der Waals surface area contributed by atoms with Crippen LogP contribution in [-0.2, 0) is 9.59 Å². The van der Waals surface area contributed by atoms with Gasteiger partial charge in [-0.15, -0.1) is 0 Å². The van der Waals surface area contributed by atoms with Crippen LogP contribution in [0.5, 0.6) is 0 Å². The predicted octanol–water partition coefficient (Wildman–Crippen LogP) is 4.06. The molecule has 2 amide bonds. The Kier molecular flexibility index (Phi) is 5.94. The first-order valence-corrected chi connectivity index (χ1v) is 9.90. The van der Waals surface area contributed by atoms with Gasteiger partial charge in [-0.05, 0) is 43.9 Å². The highest BCUT2D eigenvalue weighted by Crippen LogP contribution is 2.33. The average Bonchev–Trinajstić information content (AvgIpc) is 2.92. The third-order valence-corrected chi connectivity index (χ3v) is 5.91. The first-order chi connectivity index (χ1) is 12.5. The van der Waals surface area contributed by atoms with Crippen LogP contribution < -0.4 is 0 Å². The Hall–Kier alpha value is -1.91. The summed E-state index contributed by atoms with van der Waals surface area (Å²) in [6.45, 7) is 4.16. The molecule has 2 aliphatic rings. The normalized spacial score (nSPS) is 23.9. The Morgan fingerprint density at radius 1 is 1.08 bits per heavy atom. The van der Waals surface area contributed by atoms with Crippen LogP contribution in [0.4, 0.5) is 4.39 Å². The van der Waals surface area contributed by atoms with Crippen LogP contribution in [0.2, 0.25) is 0 Å². The number of benzene rings is 1. The van der Waals surface area contributed by atoms with Gasteiger partial charge in [0.1, 0.15) is 18.4 Å². The van der Waals surface area contributed by atoms with Crippen molar-refractivity contribution < 1.29 is 14.0 Å². The molecule has 1 saturated carbocycles. The molecule has 2 atom stereocenters. The lowest BCUT2D eigenvalue weighted by Crippen LogP contribution is -2.60. The number of amides is 2. The monoisotopic (exact) mass is 360 g/mol. The molecule has 26 heavy (non-hydrogen) atoms. The van der Waals surface area contributed by atoms with Crippen molar-refractivity contribution >= 4 is 11.8 Å². The Morgan fingerprint density at radius 3 is 2.27 bits per heavy atom. The van der Waals surface area contributed by atoms with E-state index in [1.807, 2.05) is 13.8 Å². The van der Waals surface area contributed by atoms with Crippen LogP contribution in [0.15, 0.2) is 24.3 Å². The van der Waals surface area contributed by atoms with Crippen molar-refractivity contribution in [2.45, 2.75) is 76.9 Å². The van der Waals surface area contributed by atoms with E-state index in [-0.39, 0.29) is 36.3 Å². The van der Waals surface area contributed by atoms with Crippen molar-refractivity contribution in [2.24, 2.45) is 0 Å². The number of hydrogen-bond acceptors (Lipinski definition) is 2. The third-order valence-electron chi connectivity index (χ3n) is 5.91. The van der Waals surface area contributed by atoms with E-state index < -0.39 is 6.04 Å². The zero-order valence-corrected chi connectivity index (χ0v) is 15.8. The number of hydrogen-bond donors (Lipinski definition) is 0. The molecule has 0 N–H and O–H groups in total. The molecule has 1 aromatic carbocycles. The van der Waals surface area contributed by atoms with Gasteiger partial charge in [0.15, 0.2) is 0 Å². The van der Waals surface area contributed by atoms with E-state index in [2.05, 4.69) is 0 Å². The molecule has 0 aromatic heterocycles. The third kappa shape index (κ3) is 3.76. The molecular formula is C21H29FN2O2. The van der Waals surface area contributed by atoms with Crippen molar-refractivity contribution in [1.29, 1.82) is 0 Å². The van der Waals surface area contributed by atoms with Gasteiger partial charge < -0.3 is 9.80 Å². The van der Waals surface area contributed by atoms with Crippen molar-refractivity contribution in [3.8, 4) is 0 Å². The van der Waals surface area contributed by atoms with Crippen LogP contribution >= 0.6 is 0 Å². The molecule has 1 saturated heterocycles. The second-order valence-electron chi connectivity index (χ2n) is 7.62. The number of halogens is 1. The minimum atomic E-state index is -0.643. The van der Waals surface area contributed by atoms with Gasteiger partial charge in [0.05, 0.1) is 0 Å². The summed E-state index contributed by atoms with van der Waals surface area (Å²) >= 11 is 0. The summed E-state index contributed by atoms with van der Waals surface area (Å²) in [5.74, 6) is -0.347. The molecule has 142 valence electrons. The second kappa shape index (κ2) is 8.19. The van der Waals surface area contributed by atoms with Gasteiger partial charge >= 0.3 is 0 Å². The molecule has 0 bridgehead atoms. The van der Waals surface area contributed by atoms with Gasteiger partial charge in [-0.25, -0.2) is 4.39 Å². The number of rotatable bonds is 4. The van der Waals surface area contributed by atoms with Crippen molar-refractivity contribution in [3.05, 3.63) is 35.6 Å². The molecule has 1 heterocycles. The number of carbonyl (C=O) groups is 2. The largest absolute Gasteiger partial charge is 0.328 e. The molecule has 5 heteroatoms. The summed E-state index contributed by atoms with van der Waals surface area (Å²) in [5, 5.41) is 0. The van der Waals surface area contributed by atoms with Gasteiger partial charge in [0.2, 0.25) is 5.91 Å². The van der Waals surface area contributed by atoms with Gasteiger partial charge in [0, 0.05) is 12.1 Å². The number of nitrogens with zero attached hydrogens (tertiary/aromatic N) is 2. The fourth-order valence-electron chi connectivity index (χ4n) is 4.25.